The van der Waals surface area contributed by atoms with Crippen LogP contribution in [-0.4, -0.2) is 12.0 Å². The second-order valence-electron chi connectivity index (χ2n) is 4.43. The first-order valence-corrected chi connectivity index (χ1v) is 7.20. The van der Waals surface area contributed by atoms with Crippen LogP contribution in [0.4, 0.5) is 5.69 Å². The van der Waals surface area contributed by atoms with E-state index in [0.29, 0.717) is 15.9 Å². The van der Waals surface area contributed by atoms with Gasteiger partial charge in [-0.15, -0.1) is 0 Å². The number of amides is 1. The van der Waals surface area contributed by atoms with Crippen LogP contribution >= 0.6 is 15.9 Å². The highest BCUT2D eigenvalue weighted by molar-refractivity contribution is 9.10. The van der Waals surface area contributed by atoms with Gasteiger partial charge in [-0.05, 0) is 47.5 Å². The molecule has 5 heteroatoms. The van der Waals surface area contributed by atoms with Crippen LogP contribution in [0.5, 0.6) is 5.75 Å². The number of halogens is 1. The summed E-state index contributed by atoms with van der Waals surface area (Å²) in [6, 6.07) is 8.94. The zero-order valence-electron chi connectivity index (χ0n) is 11.4. The monoisotopic (exact) mass is 337 g/mol. The summed E-state index contributed by atoms with van der Waals surface area (Å²) in [5.74, 6) is 0.509. The fourth-order valence-corrected chi connectivity index (χ4v) is 2.04. The van der Waals surface area contributed by atoms with Crippen LogP contribution < -0.4 is 10.1 Å². The fraction of sp³-hybridized carbons (Fsp3) is 0.267. The van der Waals surface area contributed by atoms with Crippen molar-refractivity contribution < 1.29 is 13.9 Å². The van der Waals surface area contributed by atoms with E-state index < -0.39 is 0 Å². The van der Waals surface area contributed by atoms with E-state index in [1.807, 2.05) is 25.1 Å². The molecule has 2 aromatic rings. The molecule has 1 unspecified atom stereocenters. The minimum absolute atomic E-state index is 0.143. The molecule has 1 heterocycles. The van der Waals surface area contributed by atoms with Gasteiger partial charge in [-0.2, -0.15) is 0 Å². The second kappa shape index (κ2) is 6.61. The van der Waals surface area contributed by atoms with Crippen molar-refractivity contribution in [2.75, 3.05) is 5.32 Å². The number of nitrogens with one attached hydrogen (secondary N) is 1. The van der Waals surface area contributed by atoms with Gasteiger partial charge < -0.3 is 14.5 Å². The molecule has 0 saturated heterocycles. The van der Waals surface area contributed by atoms with Crippen LogP contribution in [0.25, 0.3) is 0 Å². The Morgan fingerprint density at radius 3 is 2.90 bits per heavy atom. The van der Waals surface area contributed by atoms with Gasteiger partial charge in [0.15, 0.2) is 4.67 Å². The standard InChI is InChI=1S/C15H16BrNO3/c1-3-10(2)20-12-6-4-5-11(9-12)17-15(18)13-7-8-19-14(13)16/h4-10H,3H2,1-2H3,(H,17,18). The minimum Gasteiger partial charge on any atom is -0.491 e. The maximum Gasteiger partial charge on any atom is 0.260 e. The number of hydrogen-bond donors (Lipinski definition) is 1. The molecular formula is C15H16BrNO3. The predicted octanol–water partition coefficient (Wildman–Crippen LogP) is 4.47. The van der Waals surface area contributed by atoms with Crippen molar-refractivity contribution in [1.82, 2.24) is 0 Å². The van der Waals surface area contributed by atoms with Gasteiger partial charge in [-0.1, -0.05) is 13.0 Å². The van der Waals surface area contributed by atoms with Crippen molar-refractivity contribution in [3.63, 3.8) is 0 Å². The van der Waals surface area contributed by atoms with Crippen molar-refractivity contribution in [2.45, 2.75) is 26.4 Å². The molecule has 0 aliphatic carbocycles. The Kier molecular flexibility index (Phi) is 4.84. The van der Waals surface area contributed by atoms with Gasteiger partial charge in [0, 0.05) is 11.8 Å². The summed E-state index contributed by atoms with van der Waals surface area (Å²) in [4.78, 5) is 12.0. The Hall–Kier alpha value is -1.75. The first-order valence-electron chi connectivity index (χ1n) is 6.41. The molecule has 1 amide bonds. The Bertz CT molecular complexity index is 594. The Labute approximate surface area is 126 Å². The second-order valence-corrected chi connectivity index (χ2v) is 5.15. The third-order valence-electron chi connectivity index (χ3n) is 2.87. The molecular weight excluding hydrogens is 322 g/mol. The molecule has 2 rings (SSSR count). The largest absolute Gasteiger partial charge is 0.491 e. The lowest BCUT2D eigenvalue weighted by atomic mass is 10.2. The lowest BCUT2D eigenvalue weighted by Crippen LogP contribution is -2.12. The summed E-state index contributed by atoms with van der Waals surface area (Å²) < 4.78 is 11.2. The normalized spacial score (nSPS) is 11.9. The van der Waals surface area contributed by atoms with Gasteiger partial charge in [0.05, 0.1) is 17.9 Å². The van der Waals surface area contributed by atoms with E-state index in [-0.39, 0.29) is 12.0 Å². The Morgan fingerprint density at radius 2 is 2.25 bits per heavy atom. The Morgan fingerprint density at radius 1 is 1.45 bits per heavy atom. The summed E-state index contributed by atoms with van der Waals surface area (Å²) in [6.07, 6.45) is 2.53. The van der Waals surface area contributed by atoms with Gasteiger partial charge in [-0.25, -0.2) is 0 Å². The van der Waals surface area contributed by atoms with E-state index in [4.69, 9.17) is 9.15 Å². The maximum absolute atomic E-state index is 12.0. The fourth-order valence-electron chi connectivity index (χ4n) is 1.62. The van der Waals surface area contributed by atoms with Gasteiger partial charge in [-0.3, -0.25) is 4.79 Å². The lowest BCUT2D eigenvalue weighted by molar-refractivity contribution is 0.102. The van der Waals surface area contributed by atoms with Crippen LogP contribution in [0.15, 0.2) is 45.7 Å². The summed E-state index contributed by atoms with van der Waals surface area (Å²) in [7, 11) is 0. The van der Waals surface area contributed by atoms with Gasteiger partial charge in [0.25, 0.3) is 5.91 Å². The molecule has 0 bridgehead atoms. The van der Waals surface area contributed by atoms with Crippen molar-refractivity contribution in [2.24, 2.45) is 0 Å². The number of hydrogen-bond acceptors (Lipinski definition) is 3. The van der Waals surface area contributed by atoms with E-state index >= 15 is 0 Å². The number of anilines is 1. The minimum atomic E-state index is -0.230. The molecule has 4 nitrogen and oxygen atoms in total. The van der Waals surface area contributed by atoms with Crippen LogP contribution in [0.2, 0.25) is 0 Å². The molecule has 1 N–H and O–H groups in total. The van der Waals surface area contributed by atoms with E-state index in [2.05, 4.69) is 28.2 Å². The molecule has 0 spiro atoms. The highest BCUT2D eigenvalue weighted by Gasteiger charge is 2.13. The zero-order chi connectivity index (χ0) is 14.5. The SMILES string of the molecule is CCC(C)Oc1cccc(NC(=O)c2ccoc2Br)c1. The molecule has 106 valence electrons. The van der Waals surface area contributed by atoms with Crippen molar-refractivity contribution in [1.29, 1.82) is 0 Å². The number of furan rings is 1. The van der Waals surface area contributed by atoms with E-state index in [9.17, 15) is 4.79 Å². The molecule has 0 radical (unpaired) electrons. The molecule has 1 atom stereocenters. The molecule has 0 fully saturated rings. The maximum atomic E-state index is 12.0. The smallest absolute Gasteiger partial charge is 0.260 e. The molecule has 0 saturated carbocycles. The quantitative estimate of drug-likeness (QED) is 0.875. The van der Waals surface area contributed by atoms with Crippen molar-refractivity contribution in [3.8, 4) is 5.75 Å². The topological polar surface area (TPSA) is 51.5 Å². The van der Waals surface area contributed by atoms with Crippen LogP contribution in [-0.2, 0) is 0 Å². The molecule has 20 heavy (non-hydrogen) atoms. The van der Waals surface area contributed by atoms with Gasteiger partial charge >= 0.3 is 0 Å². The first-order chi connectivity index (χ1) is 9.60. The van der Waals surface area contributed by atoms with Crippen molar-refractivity contribution >= 4 is 27.5 Å². The first kappa shape index (κ1) is 14.7. The predicted molar refractivity (Wildman–Crippen MR) is 81.2 cm³/mol. The highest BCUT2D eigenvalue weighted by Crippen LogP contribution is 2.22. The van der Waals surface area contributed by atoms with E-state index in [0.717, 1.165) is 12.2 Å². The number of carbonyl (C=O) groups is 1. The Balaban J connectivity index is 2.08. The van der Waals surface area contributed by atoms with Crippen LogP contribution in [0, 0.1) is 0 Å². The number of benzene rings is 1. The molecule has 0 aliphatic heterocycles. The average molecular weight is 338 g/mol. The summed E-state index contributed by atoms with van der Waals surface area (Å²) in [6.45, 7) is 4.07. The number of carbonyl (C=O) groups excluding carboxylic acids is 1. The number of rotatable bonds is 5. The highest BCUT2D eigenvalue weighted by atomic mass is 79.9. The van der Waals surface area contributed by atoms with Crippen LogP contribution in [0.3, 0.4) is 0 Å². The molecule has 1 aromatic carbocycles. The summed E-state index contributed by atoms with van der Waals surface area (Å²) in [5, 5.41) is 2.81. The van der Waals surface area contributed by atoms with Crippen LogP contribution in [0.1, 0.15) is 30.6 Å². The summed E-state index contributed by atoms with van der Waals surface area (Å²) >= 11 is 3.18. The molecule has 0 aliphatic rings. The zero-order valence-corrected chi connectivity index (χ0v) is 12.9. The third-order valence-corrected chi connectivity index (χ3v) is 3.48. The molecule has 1 aromatic heterocycles. The summed E-state index contributed by atoms with van der Waals surface area (Å²) in [5.41, 5.74) is 1.14. The third kappa shape index (κ3) is 3.63. The van der Waals surface area contributed by atoms with E-state index in [1.54, 1.807) is 12.1 Å². The number of ether oxygens (including phenoxy) is 1. The average Bonchev–Trinajstić information content (AvgIpc) is 2.85. The van der Waals surface area contributed by atoms with Crippen molar-refractivity contribution in [3.05, 3.63) is 46.8 Å². The van der Waals surface area contributed by atoms with Gasteiger partial charge in [0.2, 0.25) is 0 Å². The lowest BCUT2D eigenvalue weighted by Gasteiger charge is -2.13. The van der Waals surface area contributed by atoms with Gasteiger partial charge in [0.1, 0.15) is 5.75 Å². The van der Waals surface area contributed by atoms with E-state index in [1.165, 1.54) is 6.26 Å².